The van der Waals surface area contributed by atoms with Gasteiger partial charge in [0, 0.05) is 42.5 Å². The largest absolute Gasteiger partial charge is 0.356 e. The molecular formula is C15H23IN4S2. The molecule has 0 aliphatic heterocycles. The van der Waals surface area contributed by atoms with Crippen LogP contribution in [0.2, 0.25) is 0 Å². The van der Waals surface area contributed by atoms with Gasteiger partial charge in [-0.1, -0.05) is 6.07 Å². The molecule has 22 heavy (non-hydrogen) atoms. The lowest BCUT2D eigenvalue weighted by Crippen LogP contribution is -2.38. The maximum atomic E-state index is 4.47. The third-order valence-electron chi connectivity index (χ3n) is 2.99. The van der Waals surface area contributed by atoms with Gasteiger partial charge in [0.25, 0.3) is 0 Å². The van der Waals surface area contributed by atoms with Gasteiger partial charge < -0.3 is 10.6 Å². The Kier molecular flexibility index (Phi) is 9.65. The monoisotopic (exact) mass is 450 g/mol. The molecular weight excluding hydrogens is 427 g/mol. The van der Waals surface area contributed by atoms with E-state index in [-0.39, 0.29) is 24.0 Å². The molecule has 0 aromatic carbocycles. The summed E-state index contributed by atoms with van der Waals surface area (Å²) in [6, 6.07) is 4.26. The lowest BCUT2D eigenvalue weighted by Gasteiger charge is -2.11. The molecule has 0 saturated heterocycles. The molecule has 0 unspecified atom stereocenters. The number of nitrogens with zero attached hydrogens (tertiary/aromatic N) is 2. The second kappa shape index (κ2) is 11.0. The van der Waals surface area contributed by atoms with Crippen molar-refractivity contribution in [3.63, 3.8) is 0 Å². The smallest absolute Gasteiger partial charge is 0.190 e. The zero-order valence-corrected chi connectivity index (χ0v) is 16.9. The molecule has 0 aliphatic carbocycles. The Balaban J connectivity index is 0.00000242. The maximum Gasteiger partial charge on any atom is 0.190 e. The molecule has 2 aromatic heterocycles. The van der Waals surface area contributed by atoms with Crippen LogP contribution >= 0.6 is 46.7 Å². The summed E-state index contributed by atoms with van der Waals surface area (Å²) >= 11 is 3.54. The number of hydrogen-bond donors (Lipinski definition) is 2. The summed E-state index contributed by atoms with van der Waals surface area (Å²) in [6.07, 6.45) is 3.13. The van der Waals surface area contributed by atoms with Crippen LogP contribution in [0.25, 0.3) is 0 Å². The molecule has 0 spiro atoms. The second-order valence-corrected chi connectivity index (χ2v) is 6.72. The average Bonchev–Trinajstić information content (AvgIpc) is 3.13. The van der Waals surface area contributed by atoms with Crippen molar-refractivity contribution in [3.8, 4) is 0 Å². The molecule has 0 aliphatic rings. The van der Waals surface area contributed by atoms with E-state index in [2.05, 4.69) is 43.5 Å². The number of thiazole rings is 1. The summed E-state index contributed by atoms with van der Waals surface area (Å²) in [5.74, 6) is 0.877. The third-order valence-corrected chi connectivity index (χ3v) is 4.96. The molecule has 0 fully saturated rings. The summed E-state index contributed by atoms with van der Waals surface area (Å²) in [7, 11) is 1.81. The van der Waals surface area contributed by atoms with Crippen molar-refractivity contribution in [3.05, 3.63) is 38.5 Å². The van der Waals surface area contributed by atoms with Crippen molar-refractivity contribution in [2.45, 2.75) is 26.2 Å². The summed E-state index contributed by atoms with van der Waals surface area (Å²) in [5, 5.41) is 12.1. The predicted octanol–water partition coefficient (Wildman–Crippen LogP) is 3.47. The number of nitrogens with one attached hydrogen (secondary N) is 2. The minimum Gasteiger partial charge on any atom is -0.356 e. The van der Waals surface area contributed by atoms with Crippen LogP contribution in [0.5, 0.6) is 0 Å². The second-order valence-electron chi connectivity index (χ2n) is 4.74. The van der Waals surface area contributed by atoms with Crippen molar-refractivity contribution in [2.24, 2.45) is 4.99 Å². The molecule has 2 heterocycles. The first kappa shape index (κ1) is 19.4. The molecule has 0 saturated carbocycles. The quantitative estimate of drug-likeness (QED) is 0.294. The van der Waals surface area contributed by atoms with Gasteiger partial charge in [-0.15, -0.1) is 46.7 Å². The van der Waals surface area contributed by atoms with Crippen LogP contribution in [0.4, 0.5) is 0 Å². The molecule has 0 bridgehead atoms. The highest BCUT2D eigenvalue weighted by molar-refractivity contribution is 14.0. The first-order valence-electron chi connectivity index (χ1n) is 7.16. The zero-order valence-electron chi connectivity index (χ0n) is 13.0. The predicted molar refractivity (Wildman–Crippen MR) is 108 cm³/mol. The molecule has 2 aromatic rings. The Labute approximate surface area is 157 Å². The van der Waals surface area contributed by atoms with E-state index in [1.165, 1.54) is 9.88 Å². The summed E-state index contributed by atoms with van der Waals surface area (Å²) in [4.78, 5) is 10.1. The normalized spacial score (nSPS) is 11.1. The summed E-state index contributed by atoms with van der Waals surface area (Å²) < 4.78 is 0. The number of halogens is 1. The van der Waals surface area contributed by atoms with Crippen LogP contribution < -0.4 is 10.6 Å². The summed E-state index contributed by atoms with van der Waals surface area (Å²) in [5.41, 5.74) is 1.12. The van der Waals surface area contributed by atoms with E-state index in [1.807, 2.05) is 14.0 Å². The fraction of sp³-hybridized carbons (Fsp3) is 0.467. The van der Waals surface area contributed by atoms with Crippen molar-refractivity contribution < 1.29 is 0 Å². The van der Waals surface area contributed by atoms with Crippen molar-refractivity contribution >= 4 is 52.6 Å². The molecule has 0 atom stereocenters. The SMILES string of the molecule is CN=C(NCCCc1nc(C)cs1)NCCc1cccs1.I. The van der Waals surface area contributed by atoms with Gasteiger partial charge >= 0.3 is 0 Å². The van der Waals surface area contributed by atoms with Crippen molar-refractivity contribution in [2.75, 3.05) is 20.1 Å². The first-order valence-corrected chi connectivity index (χ1v) is 8.92. The standard InChI is InChI=1S/C15H22N4S2.HI/c1-12-11-21-14(19-12)6-3-8-17-15(16-2)18-9-7-13-5-4-10-20-13;/h4-5,10-11H,3,6-9H2,1-2H3,(H2,16,17,18);1H. The van der Waals surface area contributed by atoms with Crippen LogP contribution in [0.1, 0.15) is 22.0 Å². The van der Waals surface area contributed by atoms with Crippen LogP contribution in [0.3, 0.4) is 0 Å². The van der Waals surface area contributed by atoms with E-state index in [0.717, 1.165) is 44.0 Å². The number of guanidine groups is 1. The van der Waals surface area contributed by atoms with Crippen LogP contribution in [-0.2, 0) is 12.8 Å². The lowest BCUT2D eigenvalue weighted by molar-refractivity contribution is 0.737. The fourth-order valence-corrected chi connectivity index (χ4v) is 3.47. The van der Waals surface area contributed by atoms with E-state index in [1.54, 1.807) is 22.7 Å². The highest BCUT2D eigenvalue weighted by Crippen LogP contribution is 2.10. The number of aromatic nitrogens is 1. The maximum absolute atomic E-state index is 4.47. The van der Waals surface area contributed by atoms with E-state index in [0.29, 0.717) is 0 Å². The Bertz CT molecular complexity index is 552. The number of aryl methyl sites for hydroxylation is 2. The van der Waals surface area contributed by atoms with Crippen LogP contribution in [0, 0.1) is 6.92 Å². The topological polar surface area (TPSA) is 49.3 Å². The molecule has 4 nitrogen and oxygen atoms in total. The molecule has 2 N–H and O–H groups in total. The van der Waals surface area contributed by atoms with Gasteiger partial charge in [-0.2, -0.15) is 0 Å². The third kappa shape index (κ3) is 7.06. The van der Waals surface area contributed by atoms with Gasteiger partial charge in [0.1, 0.15) is 0 Å². The Morgan fingerprint density at radius 1 is 1.23 bits per heavy atom. The lowest BCUT2D eigenvalue weighted by atomic mass is 10.3. The van der Waals surface area contributed by atoms with Crippen molar-refractivity contribution in [1.29, 1.82) is 0 Å². The van der Waals surface area contributed by atoms with Gasteiger partial charge in [-0.3, -0.25) is 4.99 Å². The Morgan fingerprint density at radius 2 is 2.05 bits per heavy atom. The Morgan fingerprint density at radius 3 is 2.68 bits per heavy atom. The zero-order chi connectivity index (χ0) is 14.9. The van der Waals surface area contributed by atoms with E-state index < -0.39 is 0 Å². The minimum absolute atomic E-state index is 0. The first-order chi connectivity index (χ1) is 10.3. The Hall–Kier alpha value is -0.670. The van der Waals surface area contributed by atoms with Gasteiger partial charge in [0.05, 0.1) is 5.01 Å². The van der Waals surface area contributed by atoms with Crippen LogP contribution in [0.15, 0.2) is 27.9 Å². The molecule has 2 rings (SSSR count). The molecule has 122 valence electrons. The van der Waals surface area contributed by atoms with Crippen LogP contribution in [-0.4, -0.2) is 31.1 Å². The van der Waals surface area contributed by atoms with E-state index in [4.69, 9.17) is 0 Å². The fourth-order valence-electron chi connectivity index (χ4n) is 1.94. The molecule has 0 radical (unpaired) electrons. The van der Waals surface area contributed by atoms with Gasteiger partial charge in [-0.05, 0) is 31.2 Å². The van der Waals surface area contributed by atoms with Gasteiger partial charge in [0.2, 0.25) is 0 Å². The molecule has 7 heteroatoms. The number of thiophene rings is 1. The molecule has 0 amide bonds. The number of aliphatic imine (C=N–C) groups is 1. The highest BCUT2D eigenvalue weighted by atomic mass is 127. The highest BCUT2D eigenvalue weighted by Gasteiger charge is 2.00. The number of hydrogen-bond acceptors (Lipinski definition) is 4. The number of rotatable bonds is 7. The van der Waals surface area contributed by atoms with Gasteiger partial charge in [-0.25, -0.2) is 4.98 Å². The summed E-state index contributed by atoms with van der Waals surface area (Å²) in [6.45, 7) is 3.86. The minimum atomic E-state index is 0. The van der Waals surface area contributed by atoms with Crippen molar-refractivity contribution in [1.82, 2.24) is 15.6 Å². The average molecular weight is 450 g/mol. The van der Waals surface area contributed by atoms with E-state index in [9.17, 15) is 0 Å². The van der Waals surface area contributed by atoms with Gasteiger partial charge in [0.15, 0.2) is 5.96 Å². The van der Waals surface area contributed by atoms with E-state index >= 15 is 0 Å².